The van der Waals surface area contributed by atoms with Crippen molar-refractivity contribution in [2.24, 2.45) is 0 Å². The van der Waals surface area contributed by atoms with E-state index in [1.165, 1.54) is 0 Å². The van der Waals surface area contributed by atoms with Crippen molar-refractivity contribution in [3.63, 3.8) is 0 Å². The van der Waals surface area contributed by atoms with Crippen molar-refractivity contribution in [2.45, 2.75) is 25.2 Å². The van der Waals surface area contributed by atoms with Crippen molar-refractivity contribution in [3.05, 3.63) is 0 Å². The second-order valence-corrected chi connectivity index (χ2v) is 3.74. The Balaban J connectivity index is 2.33. The predicted octanol–water partition coefficient (Wildman–Crippen LogP) is -0.407. The first-order chi connectivity index (χ1) is 5.51. The zero-order valence-corrected chi connectivity index (χ0v) is 7.18. The maximum absolute atomic E-state index is 10.3. The Hall–Kier alpha value is 0.0300. The third-order valence-electron chi connectivity index (χ3n) is 1.53. The Bertz CT molecular complexity index is 188. The van der Waals surface area contributed by atoms with Crippen LogP contribution in [-0.2, 0) is 13.8 Å². The molecule has 6 nitrogen and oxygen atoms in total. The van der Waals surface area contributed by atoms with Crippen LogP contribution in [0.4, 0.5) is 0 Å². The van der Waals surface area contributed by atoms with Crippen LogP contribution in [0, 0.1) is 0 Å². The van der Waals surface area contributed by atoms with E-state index in [9.17, 15) is 4.57 Å². The van der Waals surface area contributed by atoms with Gasteiger partial charge in [-0.15, -0.1) is 0 Å². The van der Waals surface area contributed by atoms with Crippen molar-refractivity contribution < 1.29 is 28.7 Å². The molecule has 72 valence electrons. The lowest BCUT2D eigenvalue weighted by Gasteiger charge is -2.12. The molecule has 2 atom stereocenters. The Morgan fingerprint density at radius 1 is 1.50 bits per heavy atom. The summed E-state index contributed by atoms with van der Waals surface area (Å²) in [5.74, 6) is 0. The maximum atomic E-state index is 10.3. The van der Waals surface area contributed by atoms with E-state index in [0.717, 1.165) is 0 Å². The first-order valence-electron chi connectivity index (χ1n) is 3.51. The number of hydrogen-bond donors (Lipinski definition) is 3. The summed E-state index contributed by atoms with van der Waals surface area (Å²) in [5.41, 5.74) is 0. The Kier molecular flexibility index (Phi) is 3.22. The summed E-state index contributed by atoms with van der Waals surface area (Å²) < 4.78 is 19.5. The van der Waals surface area contributed by atoms with Crippen molar-refractivity contribution in [1.29, 1.82) is 0 Å². The number of aliphatic hydroxyl groups is 1. The molecule has 0 spiro atoms. The molecule has 0 amide bonds. The molecular weight excluding hydrogens is 187 g/mol. The summed E-state index contributed by atoms with van der Waals surface area (Å²) in [6.45, 7) is -0.152. The zero-order valence-electron chi connectivity index (χ0n) is 6.29. The van der Waals surface area contributed by atoms with E-state index in [1.807, 2.05) is 0 Å². The van der Waals surface area contributed by atoms with E-state index >= 15 is 0 Å². The third-order valence-corrected chi connectivity index (χ3v) is 2.04. The normalized spacial score (nSPS) is 30.9. The highest BCUT2D eigenvalue weighted by Crippen LogP contribution is 2.40. The molecule has 1 heterocycles. The van der Waals surface area contributed by atoms with Gasteiger partial charge in [0.1, 0.15) is 0 Å². The van der Waals surface area contributed by atoms with Gasteiger partial charge in [0.2, 0.25) is 0 Å². The van der Waals surface area contributed by atoms with Crippen LogP contribution in [0.5, 0.6) is 0 Å². The fraction of sp³-hybridized carbons (Fsp3) is 1.00. The second-order valence-electron chi connectivity index (χ2n) is 2.54. The third kappa shape index (κ3) is 3.18. The molecule has 1 aliphatic heterocycles. The molecule has 0 aromatic rings. The number of hydrogen-bond acceptors (Lipinski definition) is 4. The van der Waals surface area contributed by atoms with Crippen LogP contribution in [0.25, 0.3) is 0 Å². The Morgan fingerprint density at radius 3 is 2.58 bits per heavy atom. The van der Waals surface area contributed by atoms with Crippen LogP contribution >= 0.6 is 7.82 Å². The fourth-order valence-corrected chi connectivity index (χ4v) is 1.50. The molecule has 2 unspecified atom stereocenters. The van der Waals surface area contributed by atoms with E-state index in [4.69, 9.17) is 19.6 Å². The maximum Gasteiger partial charge on any atom is 0.471 e. The molecular formula is C5H11O6P. The van der Waals surface area contributed by atoms with Crippen LogP contribution in [0.1, 0.15) is 12.8 Å². The van der Waals surface area contributed by atoms with Gasteiger partial charge in [-0.05, 0) is 6.42 Å². The first kappa shape index (κ1) is 10.1. The molecule has 1 fully saturated rings. The van der Waals surface area contributed by atoms with E-state index in [0.29, 0.717) is 12.8 Å². The topological polar surface area (TPSA) is 96.2 Å². The van der Waals surface area contributed by atoms with Crippen molar-refractivity contribution >= 4 is 7.82 Å². The number of aliphatic hydroxyl groups excluding tert-OH is 1. The van der Waals surface area contributed by atoms with Gasteiger partial charge in [-0.3, -0.25) is 4.52 Å². The average Bonchev–Trinajstić information content (AvgIpc) is 2.32. The van der Waals surface area contributed by atoms with Gasteiger partial charge in [-0.2, -0.15) is 0 Å². The van der Waals surface area contributed by atoms with Gasteiger partial charge in [0, 0.05) is 6.42 Å². The summed E-state index contributed by atoms with van der Waals surface area (Å²) in [4.78, 5) is 16.8. The van der Waals surface area contributed by atoms with Crippen molar-refractivity contribution in [1.82, 2.24) is 0 Å². The van der Waals surface area contributed by atoms with Gasteiger partial charge < -0.3 is 19.6 Å². The fourth-order valence-electron chi connectivity index (χ4n) is 1.04. The first-order valence-corrected chi connectivity index (χ1v) is 5.04. The predicted molar refractivity (Wildman–Crippen MR) is 38.1 cm³/mol. The van der Waals surface area contributed by atoms with E-state index in [2.05, 4.69) is 4.52 Å². The second kappa shape index (κ2) is 3.83. The van der Waals surface area contributed by atoms with E-state index < -0.39 is 14.1 Å². The van der Waals surface area contributed by atoms with E-state index in [1.54, 1.807) is 0 Å². The van der Waals surface area contributed by atoms with Crippen LogP contribution in [0.3, 0.4) is 0 Å². The molecule has 0 radical (unpaired) electrons. The number of rotatable bonds is 3. The minimum atomic E-state index is -4.46. The summed E-state index contributed by atoms with van der Waals surface area (Å²) in [5, 5.41) is 8.61. The lowest BCUT2D eigenvalue weighted by atomic mass is 10.2. The van der Waals surface area contributed by atoms with Crippen LogP contribution in [-0.4, -0.2) is 33.9 Å². The monoisotopic (exact) mass is 198 g/mol. The summed E-state index contributed by atoms with van der Waals surface area (Å²) in [6.07, 6.45) is -0.290. The number of ether oxygens (including phenoxy) is 1. The highest BCUT2D eigenvalue weighted by atomic mass is 31.2. The molecule has 0 aromatic carbocycles. The molecule has 1 rings (SSSR count). The Labute approximate surface area is 69.4 Å². The highest BCUT2D eigenvalue weighted by Gasteiger charge is 2.30. The molecule has 1 saturated heterocycles. The minimum absolute atomic E-state index is 0.152. The van der Waals surface area contributed by atoms with Gasteiger partial charge in [0.05, 0.1) is 12.7 Å². The molecule has 3 N–H and O–H groups in total. The molecule has 0 aromatic heterocycles. The molecule has 0 aliphatic carbocycles. The van der Waals surface area contributed by atoms with Crippen molar-refractivity contribution in [3.8, 4) is 0 Å². The molecule has 12 heavy (non-hydrogen) atoms. The lowest BCUT2D eigenvalue weighted by molar-refractivity contribution is -0.0952. The molecule has 0 bridgehead atoms. The van der Waals surface area contributed by atoms with Gasteiger partial charge in [0.15, 0.2) is 6.29 Å². The SMILES string of the molecule is O=P(O)(O)OC1CCC(CO)O1. The largest absolute Gasteiger partial charge is 0.471 e. The molecule has 7 heteroatoms. The number of phosphoric acid groups is 1. The summed E-state index contributed by atoms with van der Waals surface area (Å²) >= 11 is 0. The van der Waals surface area contributed by atoms with Gasteiger partial charge in [0.25, 0.3) is 0 Å². The van der Waals surface area contributed by atoms with E-state index in [-0.39, 0.29) is 12.7 Å². The average molecular weight is 198 g/mol. The molecule has 0 saturated carbocycles. The standard InChI is InChI=1S/C5H11O6P/c6-3-4-1-2-5(10-4)11-12(7,8)9/h4-6H,1-3H2,(H2,7,8,9). The summed E-state index contributed by atoms with van der Waals surface area (Å²) in [7, 11) is -4.46. The van der Waals surface area contributed by atoms with Crippen LogP contribution in [0.15, 0.2) is 0 Å². The minimum Gasteiger partial charge on any atom is -0.394 e. The lowest BCUT2D eigenvalue weighted by Crippen LogP contribution is -2.15. The number of phosphoric ester groups is 1. The zero-order chi connectivity index (χ0) is 9.19. The van der Waals surface area contributed by atoms with Crippen LogP contribution < -0.4 is 0 Å². The smallest absolute Gasteiger partial charge is 0.394 e. The Morgan fingerprint density at radius 2 is 2.17 bits per heavy atom. The quantitative estimate of drug-likeness (QED) is 0.533. The van der Waals surface area contributed by atoms with Gasteiger partial charge in [-0.1, -0.05) is 0 Å². The molecule has 1 aliphatic rings. The van der Waals surface area contributed by atoms with Crippen molar-refractivity contribution in [2.75, 3.05) is 6.61 Å². The highest BCUT2D eigenvalue weighted by molar-refractivity contribution is 7.46. The van der Waals surface area contributed by atoms with Gasteiger partial charge >= 0.3 is 7.82 Å². The summed E-state index contributed by atoms with van der Waals surface area (Å²) in [6, 6.07) is 0. The van der Waals surface area contributed by atoms with Crippen LogP contribution in [0.2, 0.25) is 0 Å². The van der Waals surface area contributed by atoms with Gasteiger partial charge in [-0.25, -0.2) is 4.57 Å².